The van der Waals surface area contributed by atoms with Gasteiger partial charge in [-0.15, -0.1) is 0 Å². The van der Waals surface area contributed by atoms with Gasteiger partial charge < -0.3 is 4.74 Å². The molecule has 0 spiro atoms. The molecule has 1 aromatic heterocycles. The Hall–Kier alpha value is -0.870. The van der Waals surface area contributed by atoms with E-state index in [1.165, 1.54) is 0 Å². The minimum atomic E-state index is 0.494. The molecule has 1 heterocycles. The van der Waals surface area contributed by atoms with E-state index in [4.69, 9.17) is 4.74 Å². The highest BCUT2D eigenvalue weighted by molar-refractivity contribution is 9.10. The molecule has 0 saturated carbocycles. The van der Waals surface area contributed by atoms with Gasteiger partial charge in [-0.25, -0.2) is 0 Å². The maximum absolute atomic E-state index is 5.84. The van der Waals surface area contributed by atoms with Gasteiger partial charge in [0, 0.05) is 21.6 Å². The second-order valence-electron chi connectivity index (χ2n) is 3.94. The fraction of sp³-hybridized carbons (Fsp3) is 0.214. The van der Waals surface area contributed by atoms with Crippen molar-refractivity contribution in [2.24, 2.45) is 0 Å². The van der Waals surface area contributed by atoms with Crippen molar-refractivity contribution in [3.8, 4) is 5.75 Å². The molecule has 0 aliphatic rings. The van der Waals surface area contributed by atoms with Gasteiger partial charge in [0.2, 0.25) is 0 Å². The van der Waals surface area contributed by atoms with Gasteiger partial charge in [0.05, 0.1) is 5.69 Å². The summed E-state index contributed by atoms with van der Waals surface area (Å²) < 4.78 is 6.89. The highest BCUT2D eigenvalue weighted by Crippen LogP contribution is 2.26. The van der Waals surface area contributed by atoms with Crippen LogP contribution in [0, 0.1) is 6.92 Å². The fourth-order valence-electron chi connectivity index (χ4n) is 1.61. The lowest BCUT2D eigenvalue weighted by Crippen LogP contribution is -2.01. The van der Waals surface area contributed by atoms with Gasteiger partial charge in [0.25, 0.3) is 0 Å². The van der Waals surface area contributed by atoms with Gasteiger partial charge >= 0.3 is 0 Å². The molecular weight excluding hydrogens is 358 g/mol. The number of alkyl halides is 1. The van der Waals surface area contributed by atoms with Gasteiger partial charge in [0.1, 0.15) is 12.4 Å². The summed E-state index contributed by atoms with van der Waals surface area (Å²) in [6.07, 6.45) is 1.79. The number of aryl methyl sites for hydroxylation is 1. The number of aromatic nitrogens is 1. The lowest BCUT2D eigenvalue weighted by Gasteiger charge is -2.11. The van der Waals surface area contributed by atoms with Crippen LogP contribution in [-0.4, -0.2) is 4.98 Å². The summed E-state index contributed by atoms with van der Waals surface area (Å²) in [7, 11) is 0. The molecule has 4 heteroatoms. The lowest BCUT2D eigenvalue weighted by molar-refractivity contribution is 0.298. The average molecular weight is 371 g/mol. The third-order valence-electron chi connectivity index (χ3n) is 2.65. The molecule has 0 bridgehead atoms. The SMILES string of the molecule is Cc1cccnc1COc1ccc(Br)cc1CBr. The fourth-order valence-corrected chi connectivity index (χ4v) is 2.46. The van der Waals surface area contributed by atoms with Crippen LogP contribution >= 0.6 is 31.9 Å². The summed E-state index contributed by atoms with van der Waals surface area (Å²) in [4.78, 5) is 4.32. The topological polar surface area (TPSA) is 22.1 Å². The maximum Gasteiger partial charge on any atom is 0.130 e. The van der Waals surface area contributed by atoms with Crippen LogP contribution < -0.4 is 4.74 Å². The number of benzene rings is 1. The largest absolute Gasteiger partial charge is 0.487 e. The van der Waals surface area contributed by atoms with E-state index in [9.17, 15) is 0 Å². The van der Waals surface area contributed by atoms with Gasteiger partial charge in [0.15, 0.2) is 0 Å². The van der Waals surface area contributed by atoms with Crippen molar-refractivity contribution in [3.63, 3.8) is 0 Å². The van der Waals surface area contributed by atoms with Crippen LogP contribution in [0.1, 0.15) is 16.8 Å². The van der Waals surface area contributed by atoms with E-state index >= 15 is 0 Å². The molecule has 18 heavy (non-hydrogen) atoms. The second kappa shape index (κ2) is 6.34. The van der Waals surface area contributed by atoms with Crippen LogP contribution in [0.25, 0.3) is 0 Å². The number of ether oxygens (including phenoxy) is 1. The zero-order valence-electron chi connectivity index (χ0n) is 9.99. The average Bonchev–Trinajstić information content (AvgIpc) is 2.39. The number of rotatable bonds is 4. The minimum Gasteiger partial charge on any atom is -0.487 e. The normalized spacial score (nSPS) is 10.4. The highest BCUT2D eigenvalue weighted by Gasteiger charge is 2.05. The van der Waals surface area contributed by atoms with E-state index in [1.54, 1.807) is 6.20 Å². The predicted octanol–water partition coefficient (Wildman–Crippen LogP) is 4.63. The highest BCUT2D eigenvalue weighted by atomic mass is 79.9. The third-order valence-corrected chi connectivity index (χ3v) is 3.75. The number of hydrogen-bond acceptors (Lipinski definition) is 2. The molecule has 0 unspecified atom stereocenters. The van der Waals surface area contributed by atoms with Crippen LogP contribution in [0.3, 0.4) is 0 Å². The summed E-state index contributed by atoms with van der Waals surface area (Å²) in [5.41, 5.74) is 3.24. The quantitative estimate of drug-likeness (QED) is 0.732. The van der Waals surface area contributed by atoms with Crippen molar-refractivity contribution >= 4 is 31.9 Å². The van der Waals surface area contributed by atoms with E-state index in [1.807, 2.05) is 31.2 Å². The van der Waals surface area contributed by atoms with Crippen molar-refractivity contribution in [1.82, 2.24) is 4.98 Å². The number of nitrogens with zero attached hydrogens (tertiary/aromatic N) is 1. The summed E-state index contributed by atoms with van der Waals surface area (Å²) in [6, 6.07) is 9.97. The van der Waals surface area contributed by atoms with Crippen LogP contribution in [0.2, 0.25) is 0 Å². The van der Waals surface area contributed by atoms with E-state index in [2.05, 4.69) is 42.9 Å². The number of halogens is 2. The minimum absolute atomic E-state index is 0.494. The van der Waals surface area contributed by atoms with Crippen molar-refractivity contribution < 1.29 is 4.74 Å². The third kappa shape index (κ3) is 3.33. The Kier molecular flexibility index (Phi) is 4.78. The molecule has 0 aliphatic carbocycles. The Morgan fingerprint density at radius 1 is 1.28 bits per heavy atom. The van der Waals surface area contributed by atoms with E-state index < -0.39 is 0 Å². The van der Waals surface area contributed by atoms with Gasteiger partial charge in [-0.1, -0.05) is 37.9 Å². The van der Waals surface area contributed by atoms with Crippen LogP contribution in [0.15, 0.2) is 41.0 Å². The van der Waals surface area contributed by atoms with Crippen molar-refractivity contribution in [3.05, 3.63) is 57.8 Å². The molecule has 1 aromatic carbocycles. The summed E-state index contributed by atoms with van der Waals surface area (Å²) >= 11 is 6.92. The molecule has 94 valence electrons. The van der Waals surface area contributed by atoms with Gasteiger partial charge in [-0.05, 0) is 36.8 Å². The Morgan fingerprint density at radius 2 is 2.11 bits per heavy atom. The molecular formula is C14H13Br2NO. The van der Waals surface area contributed by atoms with Crippen molar-refractivity contribution in [1.29, 1.82) is 0 Å². The van der Waals surface area contributed by atoms with E-state index in [-0.39, 0.29) is 0 Å². The lowest BCUT2D eigenvalue weighted by atomic mass is 10.2. The molecule has 0 amide bonds. The first-order valence-electron chi connectivity index (χ1n) is 5.58. The molecule has 0 aliphatic heterocycles. The molecule has 2 nitrogen and oxygen atoms in total. The maximum atomic E-state index is 5.84. The van der Waals surface area contributed by atoms with Crippen LogP contribution in [0.4, 0.5) is 0 Å². The zero-order valence-corrected chi connectivity index (χ0v) is 13.2. The smallest absolute Gasteiger partial charge is 0.130 e. The molecule has 0 radical (unpaired) electrons. The Bertz CT molecular complexity index is 543. The van der Waals surface area contributed by atoms with E-state index in [0.717, 1.165) is 32.4 Å². The van der Waals surface area contributed by atoms with Crippen molar-refractivity contribution in [2.75, 3.05) is 0 Å². The molecule has 0 fully saturated rings. The molecule has 2 aromatic rings. The standard InChI is InChI=1S/C14H13Br2NO/c1-10-3-2-6-17-13(10)9-18-14-5-4-12(16)7-11(14)8-15/h2-7H,8-9H2,1H3. The summed E-state index contributed by atoms with van der Waals surface area (Å²) in [5.74, 6) is 0.889. The summed E-state index contributed by atoms with van der Waals surface area (Å²) in [5, 5.41) is 0.767. The van der Waals surface area contributed by atoms with Gasteiger partial charge in [-0.3, -0.25) is 4.98 Å². The predicted molar refractivity (Wildman–Crippen MR) is 80.1 cm³/mol. The first-order chi connectivity index (χ1) is 8.70. The van der Waals surface area contributed by atoms with Crippen molar-refractivity contribution in [2.45, 2.75) is 18.9 Å². The molecule has 0 atom stereocenters. The van der Waals surface area contributed by atoms with E-state index in [0.29, 0.717) is 6.61 Å². The Morgan fingerprint density at radius 3 is 2.83 bits per heavy atom. The Balaban J connectivity index is 2.13. The second-order valence-corrected chi connectivity index (χ2v) is 5.42. The molecule has 0 saturated heterocycles. The first-order valence-corrected chi connectivity index (χ1v) is 7.50. The molecule has 2 rings (SSSR count). The zero-order chi connectivity index (χ0) is 13.0. The molecule has 0 N–H and O–H groups in total. The monoisotopic (exact) mass is 369 g/mol. The number of pyridine rings is 1. The first kappa shape index (κ1) is 13.6. The van der Waals surface area contributed by atoms with Gasteiger partial charge in [-0.2, -0.15) is 0 Å². The summed E-state index contributed by atoms with van der Waals surface area (Å²) in [6.45, 7) is 2.53. The Labute approximate surface area is 124 Å². The van der Waals surface area contributed by atoms with Crippen LogP contribution in [-0.2, 0) is 11.9 Å². The van der Waals surface area contributed by atoms with Crippen LogP contribution in [0.5, 0.6) is 5.75 Å². The number of hydrogen-bond donors (Lipinski definition) is 0.